The lowest BCUT2D eigenvalue weighted by Gasteiger charge is -2.18. The summed E-state index contributed by atoms with van der Waals surface area (Å²) in [6, 6.07) is 0. The quantitative estimate of drug-likeness (QED) is 0.646. The molecule has 0 radical (unpaired) electrons. The molecule has 0 saturated carbocycles. The van der Waals surface area contributed by atoms with Gasteiger partial charge in [-0.25, -0.2) is 0 Å². The van der Waals surface area contributed by atoms with Gasteiger partial charge in [0.15, 0.2) is 0 Å². The van der Waals surface area contributed by atoms with Crippen LogP contribution in [0.15, 0.2) is 0 Å². The van der Waals surface area contributed by atoms with Crippen molar-refractivity contribution in [3.8, 4) is 0 Å². The van der Waals surface area contributed by atoms with Crippen molar-refractivity contribution < 1.29 is 9.53 Å². The molecule has 0 aliphatic carbocycles. The molecule has 1 unspecified atom stereocenters. The monoisotopic (exact) mass is 173 g/mol. The summed E-state index contributed by atoms with van der Waals surface area (Å²) in [5.41, 5.74) is -0.269. The predicted octanol–water partition coefficient (Wildman–Crippen LogP) is 1.19. The molecular formula is C9H19NO2. The van der Waals surface area contributed by atoms with Gasteiger partial charge in [-0.2, -0.15) is 0 Å². The maximum atomic E-state index is 11.1. The Balaban J connectivity index is 0.000000561. The topological polar surface area (TPSA) is 38.3 Å². The van der Waals surface area contributed by atoms with E-state index >= 15 is 0 Å². The first-order valence-electron chi connectivity index (χ1n) is 4.49. The van der Waals surface area contributed by atoms with Gasteiger partial charge in [-0.15, -0.1) is 0 Å². The maximum Gasteiger partial charge on any atom is 0.228 e. The van der Waals surface area contributed by atoms with Crippen LogP contribution in [0.4, 0.5) is 0 Å². The third kappa shape index (κ3) is 2.48. The average molecular weight is 173 g/mol. The van der Waals surface area contributed by atoms with Crippen LogP contribution >= 0.6 is 0 Å². The standard InChI is InChI=1S/C7H13NO2.C2H6/c1-7(6(9)8-2)3-4-10-5-7;1-2/h3-5H2,1-2H3,(H,8,9);1-2H3. The summed E-state index contributed by atoms with van der Waals surface area (Å²) >= 11 is 0. The summed E-state index contributed by atoms with van der Waals surface area (Å²) in [5, 5.41) is 2.63. The summed E-state index contributed by atoms with van der Waals surface area (Å²) in [5.74, 6) is 0.0880. The molecule has 1 rings (SSSR count). The Bertz CT molecular complexity index is 139. The Morgan fingerprint density at radius 1 is 1.50 bits per heavy atom. The molecule has 3 nitrogen and oxygen atoms in total. The van der Waals surface area contributed by atoms with Gasteiger partial charge in [0, 0.05) is 13.7 Å². The van der Waals surface area contributed by atoms with E-state index < -0.39 is 0 Å². The van der Waals surface area contributed by atoms with Crippen LogP contribution in [0.2, 0.25) is 0 Å². The van der Waals surface area contributed by atoms with E-state index in [4.69, 9.17) is 4.74 Å². The highest BCUT2D eigenvalue weighted by molar-refractivity contribution is 5.82. The smallest absolute Gasteiger partial charge is 0.228 e. The van der Waals surface area contributed by atoms with Gasteiger partial charge >= 0.3 is 0 Å². The molecule has 1 fully saturated rings. The minimum absolute atomic E-state index is 0.0880. The average Bonchev–Trinajstić information content (AvgIpc) is 2.55. The molecule has 0 aromatic carbocycles. The van der Waals surface area contributed by atoms with Crippen molar-refractivity contribution in [2.45, 2.75) is 27.2 Å². The summed E-state index contributed by atoms with van der Waals surface area (Å²) in [6.07, 6.45) is 0.840. The second-order valence-corrected chi connectivity index (χ2v) is 2.94. The van der Waals surface area contributed by atoms with Gasteiger partial charge in [0.1, 0.15) is 0 Å². The number of amides is 1. The molecule has 12 heavy (non-hydrogen) atoms. The van der Waals surface area contributed by atoms with Crippen molar-refractivity contribution in [1.82, 2.24) is 5.32 Å². The Morgan fingerprint density at radius 3 is 2.42 bits per heavy atom. The molecule has 0 spiro atoms. The van der Waals surface area contributed by atoms with Crippen molar-refractivity contribution in [2.75, 3.05) is 20.3 Å². The molecule has 1 atom stereocenters. The second kappa shape index (κ2) is 5.14. The largest absolute Gasteiger partial charge is 0.380 e. The maximum absolute atomic E-state index is 11.1. The second-order valence-electron chi connectivity index (χ2n) is 2.94. The lowest BCUT2D eigenvalue weighted by atomic mass is 9.89. The molecule has 1 aliphatic rings. The fourth-order valence-electron chi connectivity index (χ4n) is 1.15. The van der Waals surface area contributed by atoms with Crippen LogP contribution in [-0.2, 0) is 9.53 Å². The van der Waals surface area contributed by atoms with Gasteiger partial charge in [0.25, 0.3) is 0 Å². The van der Waals surface area contributed by atoms with E-state index in [2.05, 4.69) is 5.32 Å². The van der Waals surface area contributed by atoms with Crippen molar-refractivity contribution in [3.63, 3.8) is 0 Å². The third-order valence-corrected chi connectivity index (χ3v) is 1.99. The lowest BCUT2D eigenvalue weighted by Crippen LogP contribution is -2.37. The van der Waals surface area contributed by atoms with Crippen LogP contribution in [0.5, 0.6) is 0 Å². The Morgan fingerprint density at radius 2 is 2.08 bits per heavy atom. The number of nitrogens with one attached hydrogen (secondary N) is 1. The zero-order valence-corrected chi connectivity index (χ0v) is 8.44. The molecule has 1 aliphatic heterocycles. The first-order chi connectivity index (χ1) is 5.69. The minimum Gasteiger partial charge on any atom is -0.380 e. The highest BCUT2D eigenvalue weighted by atomic mass is 16.5. The number of hydrogen-bond donors (Lipinski definition) is 1. The number of ether oxygens (including phenoxy) is 1. The molecule has 0 aromatic heterocycles. The summed E-state index contributed by atoms with van der Waals surface area (Å²) in [6.45, 7) is 7.20. The van der Waals surface area contributed by atoms with Crippen molar-refractivity contribution >= 4 is 5.91 Å². The van der Waals surface area contributed by atoms with E-state index in [1.165, 1.54) is 0 Å². The lowest BCUT2D eigenvalue weighted by molar-refractivity contribution is -0.129. The number of carbonyl (C=O) groups excluding carboxylic acids is 1. The van der Waals surface area contributed by atoms with E-state index in [1.807, 2.05) is 20.8 Å². The summed E-state index contributed by atoms with van der Waals surface area (Å²) in [7, 11) is 1.66. The molecule has 1 amide bonds. The van der Waals surface area contributed by atoms with Crippen molar-refractivity contribution in [1.29, 1.82) is 0 Å². The number of hydrogen-bond acceptors (Lipinski definition) is 2. The Hall–Kier alpha value is -0.570. The Kier molecular flexibility index (Phi) is 4.90. The highest BCUT2D eigenvalue weighted by Crippen LogP contribution is 2.27. The first kappa shape index (κ1) is 11.4. The first-order valence-corrected chi connectivity index (χ1v) is 4.49. The Labute approximate surface area is 74.5 Å². The van der Waals surface area contributed by atoms with Gasteiger partial charge in [-0.05, 0) is 13.3 Å². The van der Waals surface area contributed by atoms with Crippen LogP contribution < -0.4 is 5.32 Å². The van der Waals surface area contributed by atoms with Crippen LogP contribution in [0.3, 0.4) is 0 Å². The van der Waals surface area contributed by atoms with E-state index in [0.29, 0.717) is 13.2 Å². The SMILES string of the molecule is CC.CNC(=O)C1(C)CCOC1. The molecule has 1 saturated heterocycles. The number of carbonyl (C=O) groups is 1. The number of rotatable bonds is 1. The molecule has 0 bridgehead atoms. The van der Waals surface area contributed by atoms with Gasteiger partial charge in [-0.1, -0.05) is 13.8 Å². The highest BCUT2D eigenvalue weighted by Gasteiger charge is 2.36. The zero-order valence-electron chi connectivity index (χ0n) is 8.44. The molecular weight excluding hydrogens is 154 g/mol. The minimum atomic E-state index is -0.269. The predicted molar refractivity (Wildman–Crippen MR) is 49.0 cm³/mol. The van der Waals surface area contributed by atoms with Crippen molar-refractivity contribution in [2.24, 2.45) is 5.41 Å². The molecule has 72 valence electrons. The van der Waals surface area contributed by atoms with Crippen LogP contribution in [0.25, 0.3) is 0 Å². The van der Waals surface area contributed by atoms with E-state index in [9.17, 15) is 4.79 Å². The molecule has 3 heteroatoms. The molecule has 0 aromatic rings. The van der Waals surface area contributed by atoms with Crippen molar-refractivity contribution in [3.05, 3.63) is 0 Å². The molecule has 1 heterocycles. The van der Waals surface area contributed by atoms with E-state index in [0.717, 1.165) is 6.42 Å². The fraction of sp³-hybridized carbons (Fsp3) is 0.889. The van der Waals surface area contributed by atoms with Crippen LogP contribution in [0.1, 0.15) is 27.2 Å². The normalized spacial score (nSPS) is 27.3. The summed E-state index contributed by atoms with van der Waals surface area (Å²) in [4.78, 5) is 11.1. The fourth-order valence-corrected chi connectivity index (χ4v) is 1.15. The van der Waals surface area contributed by atoms with E-state index in [1.54, 1.807) is 7.05 Å². The van der Waals surface area contributed by atoms with Gasteiger partial charge in [0.2, 0.25) is 5.91 Å². The zero-order chi connectivity index (χ0) is 9.61. The summed E-state index contributed by atoms with van der Waals surface area (Å²) < 4.78 is 5.12. The molecule has 1 N–H and O–H groups in total. The van der Waals surface area contributed by atoms with Crippen LogP contribution in [0, 0.1) is 5.41 Å². The third-order valence-electron chi connectivity index (χ3n) is 1.99. The van der Waals surface area contributed by atoms with Gasteiger partial charge in [0.05, 0.1) is 12.0 Å². The van der Waals surface area contributed by atoms with E-state index in [-0.39, 0.29) is 11.3 Å². The van der Waals surface area contributed by atoms with Gasteiger partial charge in [-0.3, -0.25) is 4.79 Å². The van der Waals surface area contributed by atoms with Crippen LogP contribution in [-0.4, -0.2) is 26.2 Å². The van der Waals surface area contributed by atoms with Gasteiger partial charge < -0.3 is 10.1 Å².